The Labute approximate surface area is 113 Å². The summed E-state index contributed by atoms with van der Waals surface area (Å²) in [6.45, 7) is 4.07. The zero-order chi connectivity index (χ0) is 13.8. The highest BCUT2D eigenvalue weighted by atomic mass is 14.6. The Kier molecular flexibility index (Phi) is 3.68. The van der Waals surface area contributed by atoms with Gasteiger partial charge in [-0.3, -0.25) is 0 Å². The van der Waals surface area contributed by atoms with E-state index in [-0.39, 0.29) is 0 Å². The van der Waals surface area contributed by atoms with Crippen LogP contribution >= 0.6 is 0 Å². The topological polar surface area (TPSA) is 49.8 Å². The van der Waals surface area contributed by atoms with Crippen LogP contribution < -0.4 is 5.73 Å². The lowest BCUT2D eigenvalue weighted by atomic mass is 9.96. The van der Waals surface area contributed by atoms with Gasteiger partial charge in [-0.25, -0.2) is 0 Å². The molecular weight excluding hydrogens is 232 g/mol. The molecule has 0 radical (unpaired) electrons. The zero-order valence-corrected chi connectivity index (χ0v) is 11.1. The van der Waals surface area contributed by atoms with Crippen molar-refractivity contribution in [3.05, 3.63) is 70.8 Å². The van der Waals surface area contributed by atoms with Gasteiger partial charge in [0.2, 0.25) is 0 Å². The number of rotatable bonds is 2. The highest BCUT2D eigenvalue weighted by Gasteiger charge is 2.10. The number of allylic oxidation sites excluding steroid dienone is 1. The van der Waals surface area contributed by atoms with E-state index in [1.165, 1.54) is 5.56 Å². The van der Waals surface area contributed by atoms with Crippen LogP contribution in [-0.4, -0.2) is 0 Å². The van der Waals surface area contributed by atoms with Crippen LogP contribution in [0.1, 0.15) is 22.3 Å². The predicted molar refractivity (Wildman–Crippen MR) is 79.0 cm³/mol. The van der Waals surface area contributed by atoms with E-state index < -0.39 is 0 Å². The molecular formula is C17H16N2. The zero-order valence-electron chi connectivity index (χ0n) is 11.1. The lowest BCUT2D eigenvalue weighted by molar-refractivity contribution is 1.30. The summed E-state index contributed by atoms with van der Waals surface area (Å²) in [4.78, 5) is 0. The molecule has 0 heterocycles. The molecule has 0 amide bonds. The lowest BCUT2D eigenvalue weighted by Gasteiger charge is -2.11. The molecule has 0 aliphatic heterocycles. The average molecular weight is 248 g/mol. The molecule has 2 heteroatoms. The largest absolute Gasteiger partial charge is 0.397 e. The van der Waals surface area contributed by atoms with Crippen molar-refractivity contribution in [1.82, 2.24) is 0 Å². The molecule has 0 aliphatic rings. The summed E-state index contributed by atoms with van der Waals surface area (Å²) in [5, 5.41) is 9.38. The SMILES string of the molecule is Cc1cccc(/C(N)=C(/C#N)c2ccccc2)c1C. The first-order valence-electron chi connectivity index (χ1n) is 6.17. The van der Waals surface area contributed by atoms with Gasteiger partial charge < -0.3 is 5.73 Å². The number of nitrogens with zero attached hydrogens (tertiary/aromatic N) is 1. The summed E-state index contributed by atoms with van der Waals surface area (Å²) in [6, 6.07) is 17.7. The van der Waals surface area contributed by atoms with Crippen molar-refractivity contribution in [1.29, 1.82) is 5.26 Å². The Hall–Kier alpha value is -2.53. The maximum atomic E-state index is 9.38. The number of aryl methyl sites for hydroxylation is 1. The first-order valence-corrected chi connectivity index (χ1v) is 6.17. The molecule has 0 bridgehead atoms. The van der Waals surface area contributed by atoms with Gasteiger partial charge in [-0.2, -0.15) is 5.26 Å². The van der Waals surface area contributed by atoms with Crippen LogP contribution in [-0.2, 0) is 0 Å². The van der Waals surface area contributed by atoms with E-state index >= 15 is 0 Å². The Morgan fingerprint density at radius 2 is 1.68 bits per heavy atom. The fourth-order valence-corrected chi connectivity index (χ4v) is 2.06. The van der Waals surface area contributed by atoms with Crippen LogP contribution in [0.15, 0.2) is 48.5 Å². The van der Waals surface area contributed by atoms with Crippen molar-refractivity contribution in [2.24, 2.45) is 5.73 Å². The van der Waals surface area contributed by atoms with Crippen molar-refractivity contribution in [2.75, 3.05) is 0 Å². The maximum absolute atomic E-state index is 9.38. The van der Waals surface area contributed by atoms with E-state index in [0.29, 0.717) is 11.3 Å². The summed E-state index contributed by atoms with van der Waals surface area (Å²) in [7, 11) is 0. The van der Waals surface area contributed by atoms with E-state index in [0.717, 1.165) is 16.7 Å². The van der Waals surface area contributed by atoms with E-state index in [9.17, 15) is 5.26 Å². The predicted octanol–water partition coefficient (Wildman–Crippen LogP) is 3.65. The van der Waals surface area contributed by atoms with Crippen LogP contribution in [0.4, 0.5) is 0 Å². The number of hydrogen-bond donors (Lipinski definition) is 1. The molecule has 2 rings (SSSR count). The van der Waals surface area contributed by atoms with Crippen LogP contribution in [0.2, 0.25) is 0 Å². The van der Waals surface area contributed by atoms with Crippen molar-refractivity contribution in [3.63, 3.8) is 0 Å². The second-order valence-corrected chi connectivity index (χ2v) is 4.51. The van der Waals surface area contributed by atoms with Gasteiger partial charge in [-0.1, -0.05) is 48.5 Å². The van der Waals surface area contributed by atoms with Crippen LogP contribution in [0, 0.1) is 25.2 Å². The van der Waals surface area contributed by atoms with Gasteiger partial charge in [0, 0.05) is 5.56 Å². The van der Waals surface area contributed by atoms with Gasteiger partial charge in [-0.05, 0) is 30.5 Å². The van der Waals surface area contributed by atoms with E-state index in [1.807, 2.05) is 62.4 Å². The molecule has 0 aliphatic carbocycles. The Morgan fingerprint density at radius 1 is 1.00 bits per heavy atom. The van der Waals surface area contributed by atoms with E-state index in [2.05, 4.69) is 6.07 Å². The molecule has 0 atom stereocenters. The minimum absolute atomic E-state index is 0.523. The van der Waals surface area contributed by atoms with Gasteiger partial charge in [0.05, 0.1) is 11.3 Å². The molecule has 0 fully saturated rings. The smallest absolute Gasteiger partial charge is 0.102 e. The lowest BCUT2D eigenvalue weighted by Crippen LogP contribution is -2.03. The fourth-order valence-electron chi connectivity index (χ4n) is 2.06. The first-order chi connectivity index (χ1) is 9.15. The maximum Gasteiger partial charge on any atom is 0.102 e. The normalized spacial score (nSPS) is 11.6. The van der Waals surface area contributed by atoms with Gasteiger partial charge in [0.1, 0.15) is 6.07 Å². The molecule has 19 heavy (non-hydrogen) atoms. The standard InChI is InChI=1S/C17H16N2/c1-12-7-6-10-15(13(12)2)17(19)16(11-18)14-8-4-3-5-9-14/h3-10H,19H2,1-2H3/b17-16+. The summed E-state index contributed by atoms with van der Waals surface area (Å²) in [6.07, 6.45) is 0. The third kappa shape index (κ3) is 2.51. The highest BCUT2D eigenvalue weighted by Crippen LogP contribution is 2.25. The number of hydrogen-bond acceptors (Lipinski definition) is 2. The van der Waals surface area contributed by atoms with Crippen LogP contribution in [0.5, 0.6) is 0 Å². The van der Waals surface area contributed by atoms with Gasteiger partial charge >= 0.3 is 0 Å². The second kappa shape index (κ2) is 5.41. The first kappa shape index (κ1) is 12.9. The van der Waals surface area contributed by atoms with E-state index in [1.54, 1.807) is 0 Å². The monoisotopic (exact) mass is 248 g/mol. The molecule has 0 saturated carbocycles. The van der Waals surface area contributed by atoms with Crippen molar-refractivity contribution >= 4 is 11.3 Å². The van der Waals surface area contributed by atoms with Crippen LogP contribution in [0.3, 0.4) is 0 Å². The molecule has 0 spiro atoms. The molecule has 2 nitrogen and oxygen atoms in total. The second-order valence-electron chi connectivity index (χ2n) is 4.51. The number of benzene rings is 2. The summed E-state index contributed by atoms with van der Waals surface area (Å²) in [5.74, 6) is 0. The molecule has 94 valence electrons. The van der Waals surface area contributed by atoms with Gasteiger partial charge in [0.15, 0.2) is 0 Å². The molecule has 2 aromatic carbocycles. The molecule has 2 N–H and O–H groups in total. The van der Waals surface area contributed by atoms with Crippen molar-refractivity contribution < 1.29 is 0 Å². The van der Waals surface area contributed by atoms with Crippen molar-refractivity contribution in [2.45, 2.75) is 13.8 Å². The number of nitriles is 1. The highest BCUT2D eigenvalue weighted by molar-refractivity contribution is 5.96. The van der Waals surface area contributed by atoms with E-state index in [4.69, 9.17) is 5.73 Å². The Bertz CT molecular complexity index is 661. The minimum atomic E-state index is 0.523. The third-order valence-corrected chi connectivity index (χ3v) is 3.34. The summed E-state index contributed by atoms with van der Waals surface area (Å²) >= 11 is 0. The average Bonchev–Trinajstić information content (AvgIpc) is 2.44. The number of nitrogens with two attached hydrogens (primary N) is 1. The third-order valence-electron chi connectivity index (χ3n) is 3.34. The van der Waals surface area contributed by atoms with Crippen molar-refractivity contribution in [3.8, 4) is 6.07 Å². The van der Waals surface area contributed by atoms with Gasteiger partial charge in [0.25, 0.3) is 0 Å². The molecule has 0 aromatic heterocycles. The van der Waals surface area contributed by atoms with Gasteiger partial charge in [-0.15, -0.1) is 0 Å². The minimum Gasteiger partial charge on any atom is -0.397 e. The Balaban J connectivity index is 2.63. The summed E-state index contributed by atoms with van der Waals surface area (Å²) < 4.78 is 0. The van der Waals surface area contributed by atoms with Crippen LogP contribution in [0.25, 0.3) is 11.3 Å². The Morgan fingerprint density at radius 3 is 2.32 bits per heavy atom. The quantitative estimate of drug-likeness (QED) is 0.651. The molecule has 0 saturated heterocycles. The summed E-state index contributed by atoms with van der Waals surface area (Å²) in [5.41, 5.74) is 11.3. The fraction of sp³-hybridized carbons (Fsp3) is 0.118. The molecule has 2 aromatic rings. The molecule has 0 unspecified atom stereocenters.